The van der Waals surface area contributed by atoms with E-state index < -0.39 is 0 Å². The Hall–Kier alpha value is -7.41. The zero-order valence-corrected chi connectivity index (χ0v) is 31.2. The van der Waals surface area contributed by atoms with Crippen LogP contribution in [0.2, 0.25) is 0 Å². The molecule has 0 radical (unpaired) electrons. The van der Waals surface area contributed by atoms with E-state index in [-0.39, 0.29) is 0 Å². The first-order chi connectivity index (χ1) is 28.2. The normalized spacial score (nSPS) is 11.9. The smallest absolute Gasteiger partial charge is 0.164 e. The molecule has 0 aliphatic carbocycles. The summed E-state index contributed by atoms with van der Waals surface area (Å²) in [7, 11) is 0. The molecule has 0 unspecified atom stereocenters. The van der Waals surface area contributed by atoms with E-state index >= 15 is 0 Å². The first-order valence-electron chi connectivity index (χ1n) is 19.0. The number of hydrogen-bond acceptors (Lipinski definition) is 5. The highest BCUT2D eigenvalue weighted by Crippen LogP contribution is 2.42. The summed E-state index contributed by atoms with van der Waals surface area (Å²) < 4.78 is 11.6. The van der Waals surface area contributed by atoms with Gasteiger partial charge in [0.25, 0.3) is 0 Å². The van der Waals surface area contributed by atoms with Crippen LogP contribution in [0.4, 0.5) is 0 Å². The van der Waals surface area contributed by atoms with Crippen molar-refractivity contribution in [2.24, 2.45) is 0 Å². The van der Waals surface area contributed by atoms with Crippen LogP contribution in [-0.4, -0.2) is 19.5 Å². The lowest BCUT2D eigenvalue weighted by molar-refractivity contribution is 0.669. The molecule has 0 amide bonds. The number of fused-ring (bicyclic) bond motifs is 9. The van der Waals surface area contributed by atoms with Gasteiger partial charge in [-0.05, 0) is 77.9 Å². The van der Waals surface area contributed by atoms with Gasteiger partial charge in [-0.3, -0.25) is 0 Å². The molecule has 0 saturated heterocycles. The van der Waals surface area contributed by atoms with Crippen LogP contribution < -0.4 is 0 Å². The first kappa shape index (κ1) is 31.9. The third-order valence-electron chi connectivity index (χ3n) is 11.0. The van der Waals surface area contributed by atoms with E-state index in [2.05, 4.69) is 120 Å². The molecule has 0 spiro atoms. The Labute approximate surface area is 330 Å². The Kier molecular flexibility index (Phi) is 7.03. The van der Waals surface area contributed by atoms with Gasteiger partial charge in [0.1, 0.15) is 11.2 Å². The summed E-state index contributed by atoms with van der Waals surface area (Å²) in [6, 6.07) is 63.9. The average molecular weight is 747 g/mol. The molecule has 0 N–H and O–H groups in total. The van der Waals surface area contributed by atoms with Crippen LogP contribution in [-0.2, 0) is 0 Å². The van der Waals surface area contributed by atoms with Crippen LogP contribution in [0.3, 0.4) is 0 Å². The van der Waals surface area contributed by atoms with Crippen molar-refractivity contribution in [3.63, 3.8) is 0 Å². The molecule has 4 aromatic heterocycles. The van der Waals surface area contributed by atoms with E-state index in [9.17, 15) is 0 Å². The molecule has 0 fully saturated rings. The monoisotopic (exact) mass is 746 g/mol. The highest BCUT2D eigenvalue weighted by atomic mass is 32.1. The third-order valence-corrected chi connectivity index (χ3v) is 12.2. The second-order valence-electron chi connectivity index (χ2n) is 14.4. The van der Waals surface area contributed by atoms with Crippen LogP contribution in [0.15, 0.2) is 186 Å². The van der Waals surface area contributed by atoms with Crippen LogP contribution >= 0.6 is 11.3 Å². The fourth-order valence-electron chi connectivity index (χ4n) is 8.31. The van der Waals surface area contributed by atoms with Crippen molar-refractivity contribution in [2.75, 3.05) is 0 Å². The van der Waals surface area contributed by atoms with Gasteiger partial charge in [0, 0.05) is 64.1 Å². The van der Waals surface area contributed by atoms with Crippen molar-refractivity contribution in [1.29, 1.82) is 0 Å². The zero-order chi connectivity index (χ0) is 37.5. The number of thiophene rings is 1. The summed E-state index contributed by atoms with van der Waals surface area (Å²) in [5.41, 5.74) is 10.1. The number of aromatic nitrogens is 4. The molecular formula is C51H30N4OS. The number of rotatable bonds is 5. The van der Waals surface area contributed by atoms with E-state index in [4.69, 9.17) is 19.4 Å². The number of benzene rings is 8. The van der Waals surface area contributed by atoms with Crippen LogP contribution in [0, 0.1) is 0 Å². The first-order valence-corrected chi connectivity index (χ1v) is 19.8. The predicted octanol–water partition coefficient (Wildman–Crippen LogP) is 13.9. The minimum atomic E-state index is 0.599. The third kappa shape index (κ3) is 5.19. The lowest BCUT2D eigenvalue weighted by Crippen LogP contribution is -2.00. The van der Waals surface area contributed by atoms with Gasteiger partial charge >= 0.3 is 0 Å². The van der Waals surface area contributed by atoms with Gasteiger partial charge in [-0.1, -0.05) is 115 Å². The van der Waals surface area contributed by atoms with Crippen molar-refractivity contribution in [3.8, 4) is 51.0 Å². The lowest BCUT2D eigenvalue weighted by atomic mass is 10.0. The van der Waals surface area contributed by atoms with Gasteiger partial charge in [-0.2, -0.15) is 0 Å². The molecule has 4 heterocycles. The maximum atomic E-state index is 6.63. The molecule has 0 aliphatic heterocycles. The van der Waals surface area contributed by atoms with Gasteiger partial charge in [0.2, 0.25) is 0 Å². The van der Waals surface area contributed by atoms with Crippen LogP contribution in [0.25, 0.3) is 115 Å². The van der Waals surface area contributed by atoms with Crippen molar-refractivity contribution in [3.05, 3.63) is 182 Å². The van der Waals surface area contributed by atoms with E-state index in [0.717, 1.165) is 55.4 Å². The highest BCUT2D eigenvalue weighted by Gasteiger charge is 2.18. The number of para-hydroxylation sites is 1. The van der Waals surface area contributed by atoms with Gasteiger partial charge in [0.05, 0.1) is 11.0 Å². The molecule has 12 rings (SSSR count). The molecule has 5 nitrogen and oxygen atoms in total. The summed E-state index contributed by atoms with van der Waals surface area (Å²) in [6.45, 7) is 0. The quantitative estimate of drug-likeness (QED) is 0.176. The maximum Gasteiger partial charge on any atom is 0.164 e. The van der Waals surface area contributed by atoms with Crippen molar-refractivity contribution < 1.29 is 4.42 Å². The Morgan fingerprint density at radius 3 is 1.60 bits per heavy atom. The van der Waals surface area contributed by atoms with Crippen molar-refractivity contribution in [2.45, 2.75) is 0 Å². The minimum Gasteiger partial charge on any atom is -0.456 e. The van der Waals surface area contributed by atoms with Crippen molar-refractivity contribution in [1.82, 2.24) is 19.5 Å². The van der Waals surface area contributed by atoms with Gasteiger partial charge < -0.3 is 8.98 Å². The average Bonchev–Trinajstić information content (AvgIpc) is 3.94. The van der Waals surface area contributed by atoms with E-state index in [1.807, 2.05) is 78.1 Å². The molecule has 0 aliphatic rings. The summed E-state index contributed by atoms with van der Waals surface area (Å²) in [5.74, 6) is 1.86. The molecule has 12 aromatic rings. The standard InChI is InChI=1S/C51H30N4OS/c1-4-12-31(13-5-1)49-52-50(32-14-6-2-7-15-32)54-51(53-49)35-21-24-38-37-23-20-34(27-45(37)56-46(38)28-35)33-22-25-43-40(26-33)41-30-48-42(39-18-10-11-19-47(39)57-48)29-44(41)55(43)36-16-8-3-9-17-36/h1-30H. The molecule has 8 aromatic carbocycles. The maximum absolute atomic E-state index is 6.63. The Bertz CT molecular complexity index is 3460. The fourth-order valence-corrected chi connectivity index (χ4v) is 9.43. The predicted molar refractivity (Wildman–Crippen MR) is 236 cm³/mol. The largest absolute Gasteiger partial charge is 0.456 e. The van der Waals surface area contributed by atoms with E-state index in [0.29, 0.717) is 17.5 Å². The molecular weight excluding hydrogens is 717 g/mol. The van der Waals surface area contributed by atoms with Gasteiger partial charge in [-0.25, -0.2) is 15.0 Å². The lowest BCUT2D eigenvalue weighted by Gasteiger charge is -2.08. The molecule has 0 atom stereocenters. The molecule has 0 saturated carbocycles. The summed E-state index contributed by atoms with van der Waals surface area (Å²) in [6.07, 6.45) is 0. The second-order valence-corrected chi connectivity index (χ2v) is 15.5. The zero-order valence-electron chi connectivity index (χ0n) is 30.4. The molecule has 6 heteroatoms. The topological polar surface area (TPSA) is 56.7 Å². The second kappa shape index (κ2) is 12.6. The Morgan fingerprint density at radius 1 is 0.351 bits per heavy atom. The van der Waals surface area contributed by atoms with Crippen LogP contribution in [0.5, 0.6) is 0 Å². The number of furan rings is 1. The highest BCUT2D eigenvalue weighted by molar-refractivity contribution is 7.25. The molecule has 266 valence electrons. The Balaban J connectivity index is 0.984. The van der Waals surface area contributed by atoms with Gasteiger partial charge in [-0.15, -0.1) is 11.3 Å². The summed E-state index contributed by atoms with van der Waals surface area (Å²) in [5, 5.41) is 7.19. The molecule has 57 heavy (non-hydrogen) atoms. The van der Waals surface area contributed by atoms with Gasteiger partial charge in [0.15, 0.2) is 17.5 Å². The Morgan fingerprint density at radius 2 is 0.895 bits per heavy atom. The fraction of sp³-hybridized carbons (Fsp3) is 0. The number of nitrogens with zero attached hydrogens (tertiary/aromatic N) is 4. The van der Waals surface area contributed by atoms with E-state index in [1.165, 1.54) is 42.0 Å². The van der Waals surface area contributed by atoms with Crippen LogP contribution in [0.1, 0.15) is 0 Å². The molecule has 0 bridgehead atoms. The van der Waals surface area contributed by atoms with Crippen molar-refractivity contribution >= 4 is 75.3 Å². The SMILES string of the molecule is c1ccc(-c2nc(-c3ccccc3)nc(-c3ccc4c(c3)oc3cc(-c5ccc6c(c5)c5cc7sc8ccccc8c7cc5n6-c5ccccc5)ccc34)n2)cc1. The van der Waals surface area contributed by atoms with E-state index in [1.54, 1.807) is 0 Å². The summed E-state index contributed by atoms with van der Waals surface area (Å²) >= 11 is 1.86. The minimum absolute atomic E-state index is 0.599. The summed E-state index contributed by atoms with van der Waals surface area (Å²) in [4.78, 5) is 14.8. The number of hydrogen-bond donors (Lipinski definition) is 0.